The number of phenols is 1. The minimum absolute atomic E-state index is 0.127. The molecule has 1 aromatic carbocycles. The van der Waals surface area contributed by atoms with Crippen LogP contribution in [0.25, 0.3) is 22.4 Å². The van der Waals surface area contributed by atoms with Crippen molar-refractivity contribution >= 4 is 16.9 Å². The molecule has 5 rings (SSSR count). The minimum Gasteiger partial charge on any atom is -0.507 e. The van der Waals surface area contributed by atoms with Gasteiger partial charge in [0.25, 0.3) is 0 Å². The first-order valence-electron chi connectivity index (χ1n) is 9.96. The number of nitrogens with one attached hydrogen (secondary N) is 1. The zero-order chi connectivity index (χ0) is 19.3. The maximum atomic E-state index is 10.4. The lowest BCUT2D eigenvalue weighted by Gasteiger charge is -2.41. The third-order valence-corrected chi connectivity index (χ3v) is 6.06. The van der Waals surface area contributed by atoms with Crippen LogP contribution < -0.4 is 10.2 Å². The topological polar surface area (TPSA) is 87.3 Å². The van der Waals surface area contributed by atoms with Gasteiger partial charge in [0, 0.05) is 43.2 Å². The monoisotopic (exact) mass is 379 g/mol. The number of rotatable bonds is 4. The van der Waals surface area contributed by atoms with Crippen LogP contribution in [0.3, 0.4) is 0 Å². The van der Waals surface area contributed by atoms with E-state index in [-0.39, 0.29) is 5.75 Å². The van der Waals surface area contributed by atoms with Crippen molar-refractivity contribution in [1.29, 1.82) is 0 Å². The molecule has 0 spiro atoms. The number of aromatic hydroxyl groups is 1. The van der Waals surface area contributed by atoms with Crippen molar-refractivity contribution in [2.24, 2.45) is 0 Å². The number of aryl methyl sites for hydroxylation is 1. The van der Waals surface area contributed by atoms with Crippen LogP contribution in [0.1, 0.15) is 38.5 Å². The predicted octanol–water partition coefficient (Wildman–Crippen LogP) is 3.41. The molecular formula is C21H25N5O2. The van der Waals surface area contributed by atoms with Crippen LogP contribution in [0.4, 0.5) is 5.82 Å². The molecule has 0 amide bonds. The smallest absolute Gasteiger partial charge is 0.192 e. The third kappa shape index (κ3) is 3.09. The Kier molecular flexibility index (Phi) is 4.01. The highest BCUT2D eigenvalue weighted by Crippen LogP contribution is 2.34. The van der Waals surface area contributed by atoms with Gasteiger partial charge in [-0.25, -0.2) is 4.98 Å². The summed E-state index contributed by atoms with van der Waals surface area (Å²) in [5.74, 6) is 1.57. The Labute approximate surface area is 163 Å². The lowest BCUT2D eigenvalue weighted by atomic mass is 9.78. The van der Waals surface area contributed by atoms with Gasteiger partial charge in [-0.15, -0.1) is 10.2 Å². The van der Waals surface area contributed by atoms with E-state index >= 15 is 0 Å². The standard InChI is InChI=1S/C21H25N5O2/c1-13-22-17-11-18(27)15(10-19(17)28-13)16-4-5-20(25-24-16)26-9-6-14(12-26)23-21(2)7-3-8-21/h4-5,10-11,14,23,27H,3,6-9,12H2,1-2H3. The predicted molar refractivity (Wildman–Crippen MR) is 107 cm³/mol. The molecule has 1 atom stereocenters. The van der Waals surface area contributed by atoms with Gasteiger partial charge in [-0.1, -0.05) is 0 Å². The van der Waals surface area contributed by atoms with Crippen LogP contribution in [-0.4, -0.2) is 45.0 Å². The van der Waals surface area contributed by atoms with E-state index in [4.69, 9.17) is 4.42 Å². The van der Waals surface area contributed by atoms with Gasteiger partial charge in [-0.2, -0.15) is 0 Å². The summed E-state index contributed by atoms with van der Waals surface area (Å²) in [6.45, 7) is 6.05. The lowest BCUT2D eigenvalue weighted by molar-refractivity contribution is 0.189. The molecule has 1 aliphatic heterocycles. The summed E-state index contributed by atoms with van der Waals surface area (Å²) in [7, 11) is 0. The zero-order valence-corrected chi connectivity index (χ0v) is 16.3. The maximum Gasteiger partial charge on any atom is 0.192 e. The first-order valence-corrected chi connectivity index (χ1v) is 9.96. The quantitative estimate of drug-likeness (QED) is 0.718. The van der Waals surface area contributed by atoms with Gasteiger partial charge in [-0.3, -0.25) is 0 Å². The molecule has 0 radical (unpaired) electrons. The number of nitrogens with zero attached hydrogens (tertiary/aromatic N) is 4. The summed E-state index contributed by atoms with van der Waals surface area (Å²) in [6.07, 6.45) is 5.01. The van der Waals surface area contributed by atoms with Crippen molar-refractivity contribution < 1.29 is 9.52 Å². The first kappa shape index (κ1) is 17.4. The zero-order valence-electron chi connectivity index (χ0n) is 16.3. The van der Waals surface area contributed by atoms with E-state index in [9.17, 15) is 5.11 Å². The number of anilines is 1. The summed E-state index contributed by atoms with van der Waals surface area (Å²) in [6, 6.07) is 7.76. The van der Waals surface area contributed by atoms with E-state index in [1.165, 1.54) is 19.3 Å². The maximum absolute atomic E-state index is 10.4. The fraction of sp³-hybridized carbons (Fsp3) is 0.476. The average molecular weight is 379 g/mol. The number of benzene rings is 1. The second-order valence-corrected chi connectivity index (χ2v) is 8.34. The van der Waals surface area contributed by atoms with Crippen LogP contribution in [0.15, 0.2) is 28.7 Å². The molecule has 1 saturated heterocycles. The van der Waals surface area contributed by atoms with E-state index in [1.807, 2.05) is 12.1 Å². The second kappa shape index (κ2) is 6.44. The minimum atomic E-state index is 0.127. The number of fused-ring (bicyclic) bond motifs is 1. The Balaban J connectivity index is 1.33. The average Bonchev–Trinajstić information content (AvgIpc) is 3.25. The molecule has 7 nitrogen and oxygen atoms in total. The molecule has 146 valence electrons. The number of aromatic nitrogens is 3. The third-order valence-electron chi connectivity index (χ3n) is 6.06. The molecule has 1 unspecified atom stereocenters. The summed E-state index contributed by atoms with van der Waals surface area (Å²) in [5.41, 5.74) is 2.81. The summed E-state index contributed by atoms with van der Waals surface area (Å²) in [4.78, 5) is 6.52. The van der Waals surface area contributed by atoms with Crippen LogP contribution >= 0.6 is 0 Å². The van der Waals surface area contributed by atoms with Gasteiger partial charge < -0.3 is 19.7 Å². The summed E-state index contributed by atoms with van der Waals surface area (Å²) in [5, 5.41) is 23.0. The lowest BCUT2D eigenvalue weighted by Crippen LogP contribution is -2.53. The largest absolute Gasteiger partial charge is 0.507 e. The molecule has 7 heteroatoms. The van der Waals surface area contributed by atoms with E-state index in [0.29, 0.717) is 39.8 Å². The van der Waals surface area contributed by atoms with Crippen LogP contribution in [0.5, 0.6) is 5.75 Å². The number of hydrogen-bond acceptors (Lipinski definition) is 7. The molecule has 2 N–H and O–H groups in total. The molecular weight excluding hydrogens is 354 g/mol. The van der Waals surface area contributed by atoms with Gasteiger partial charge >= 0.3 is 0 Å². The van der Waals surface area contributed by atoms with E-state index < -0.39 is 0 Å². The van der Waals surface area contributed by atoms with Crippen molar-refractivity contribution in [2.45, 2.75) is 51.1 Å². The highest BCUT2D eigenvalue weighted by atomic mass is 16.3. The van der Waals surface area contributed by atoms with Gasteiger partial charge in [-0.05, 0) is 50.8 Å². The van der Waals surface area contributed by atoms with Gasteiger partial charge in [0.2, 0.25) is 0 Å². The molecule has 3 aromatic rings. The van der Waals surface area contributed by atoms with E-state index in [0.717, 1.165) is 25.3 Å². The Morgan fingerprint density at radius 3 is 2.82 bits per heavy atom. The fourth-order valence-electron chi connectivity index (χ4n) is 4.35. The molecule has 2 aromatic heterocycles. The van der Waals surface area contributed by atoms with Crippen molar-refractivity contribution in [3.05, 3.63) is 30.2 Å². The normalized spacial score (nSPS) is 21.2. The van der Waals surface area contributed by atoms with Crippen LogP contribution in [0.2, 0.25) is 0 Å². The Bertz CT molecular complexity index is 1010. The molecule has 0 bridgehead atoms. The van der Waals surface area contributed by atoms with Gasteiger partial charge in [0.1, 0.15) is 11.3 Å². The fourth-order valence-corrected chi connectivity index (χ4v) is 4.35. The number of phenolic OH excluding ortho intramolecular Hbond substituents is 1. The van der Waals surface area contributed by atoms with E-state index in [2.05, 4.69) is 32.3 Å². The van der Waals surface area contributed by atoms with Crippen molar-refractivity contribution in [2.75, 3.05) is 18.0 Å². The Morgan fingerprint density at radius 2 is 2.11 bits per heavy atom. The van der Waals surface area contributed by atoms with Crippen LogP contribution in [-0.2, 0) is 0 Å². The van der Waals surface area contributed by atoms with Gasteiger partial charge in [0.15, 0.2) is 17.3 Å². The molecule has 2 aliphatic rings. The van der Waals surface area contributed by atoms with Crippen LogP contribution in [0, 0.1) is 6.92 Å². The SMILES string of the molecule is Cc1nc2cc(O)c(-c3ccc(N4CCC(NC5(C)CCC5)C4)nn3)cc2o1. The Hall–Kier alpha value is -2.67. The summed E-state index contributed by atoms with van der Waals surface area (Å²) < 4.78 is 5.57. The number of oxazole rings is 1. The number of hydrogen-bond donors (Lipinski definition) is 2. The Morgan fingerprint density at radius 1 is 1.25 bits per heavy atom. The molecule has 1 saturated carbocycles. The second-order valence-electron chi connectivity index (χ2n) is 8.34. The van der Waals surface area contributed by atoms with Crippen molar-refractivity contribution in [3.8, 4) is 17.0 Å². The first-order chi connectivity index (χ1) is 13.5. The van der Waals surface area contributed by atoms with Gasteiger partial charge in [0.05, 0.1) is 5.69 Å². The highest BCUT2D eigenvalue weighted by Gasteiger charge is 2.35. The van der Waals surface area contributed by atoms with E-state index in [1.54, 1.807) is 19.1 Å². The molecule has 2 fully saturated rings. The molecule has 28 heavy (non-hydrogen) atoms. The van der Waals surface area contributed by atoms with Crippen molar-refractivity contribution in [1.82, 2.24) is 20.5 Å². The highest BCUT2D eigenvalue weighted by molar-refractivity contribution is 5.83. The summed E-state index contributed by atoms with van der Waals surface area (Å²) >= 11 is 0. The van der Waals surface area contributed by atoms with Crippen molar-refractivity contribution in [3.63, 3.8) is 0 Å². The molecule has 3 heterocycles. The molecule has 1 aliphatic carbocycles.